The number of carboxylic acids is 1. The third-order valence-corrected chi connectivity index (χ3v) is 3.35. The number of pyridine rings is 1. The van der Waals surface area contributed by atoms with E-state index in [4.69, 9.17) is 0 Å². The maximum Gasteiger partial charge on any atom is 0.356 e. The van der Waals surface area contributed by atoms with Crippen LogP contribution in [0.4, 0.5) is 5.82 Å². The number of likely N-dealkylation sites (N-methyl/N-ethyl adjacent to an activating group) is 1. The summed E-state index contributed by atoms with van der Waals surface area (Å²) in [6.07, 6.45) is 1.71. The average Bonchev–Trinajstić information content (AvgIpc) is 2.82. The first-order chi connectivity index (χ1) is 9.67. The standard InChI is InChI=1S/C14H20N4O2/c1-3-17(4-2)10-8-15-13-12(14(19)20)18-9-6-5-7-11(18)16-13/h5-7,9,15H,3-4,8,10H2,1-2H3,(H,19,20). The fourth-order valence-corrected chi connectivity index (χ4v) is 2.20. The average molecular weight is 276 g/mol. The highest BCUT2D eigenvalue weighted by atomic mass is 16.4. The highest BCUT2D eigenvalue weighted by Gasteiger charge is 2.17. The molecular formula is C14H20N4O2. The van der Waals surface area contributed by atoms with Crippen molar-refractivity contribution < 1.29 is 9.90 Å². The number of carboxylic acid groups (broad SMARTS) is 1. The van der Waals surface area contributed by atoms with Gasteiger partial charge < -0.3 is 15.3 Å². The number of hydrogen-bond donors (Lipinski definition) is 2. The molecule has 0 unspecified atom stereocenters. The first kappa shape index (κ1) is 14.3. The lowest BCUT2D eigenvalue weighted by atomic mass is 10.4. The van der Waals surface area contributed by atoms with Crippen molar-refractivity contribution in [2.75, 3.05) is 31.5 Å². The molecule has 108 valence electrons. The molecule has 0 saturated heterocycles. The van der Waals surface area contributed by atoms with E-state index in [9.17, 15) is 9.90 Å². The van der Waals surface area contributed by atoms with Crippen molar-refractivity contribution >= 4 is 17.4 Å². The van der Waals surface area contributed by atoms with E-state index in [1.54, 1.807) is 22.7 Å². The molecule has 0 aliphatic carbocycles. The molecular weight excluding hydrogens is 256 g/mol. The fourth-order valence-electron chi connectivity index (χ4n) is 2.20. The molecule has 0 saturated carbocycles. The zero-order valence-electron chi connectivity index (χ0n) is 11.8. The zero-order valence-corrected chi connectivity index (χ0v) is 11.8. The number of nitrogens with zero attached hydrogens (tertiary/aromatic N) is 3. The largest absolute Gasteiger partial charge is 0.476 e. The number of rotatable bonds is 7. The highest BCUT2D eigenvalue weighted by Crippen LogP contribution is 2.17. The Morgan fingerprint density at radius 2 is 2.15 bits per heavy atom. The second-order valence-corrected chi connectivity index (χ2v) is 4.50. The molecule has 0 spiro atoms. The minimum Gasteiger partial charge on any atom is -0.476 e. The summed E-state index contributed by atoms with van der Waals surface area (Å²) >= 11 is 0. The van der Waals surface area contributed by atoms with Crippen LogP contribution in [0.2, 0.25) is 0 Å². The monoisotopic (exact) mass is 276 g/mol. The van der Waals surface area contributed by atoms with Crippen molar-refractivity contribution in [3.05, 3.63) is 30.1 Å². The van der Waals surface area contributed by atoms with Crippen molar-refractivity contribution in [1.29, 1.82) is 0 Å². The zero-order chi connectivity index (χ0) is 14.5. The normalized spacial score (nSPS) is 11.2. The van der Waals surface area contributed by atoms with E-state index in [0.29, 0.717) is 18.0 Å². The molecule has 0 atom stereocenters. The van der Waals surface area contributed by atoms with Crippen molar-refractivity contribution in [3.63, 3.8) is 0 Å². The lowest BCUT2D eigenvalue weighted by Gasteiger charge is -2.17. The Labute approximate surface area is 118 Å². The van der Waals surface area contributed by atoms with Gasteiger partial charge in [-0.3, -0.25) is 4.40 Å². The van der Waals surface area contributed by atoms with Crippen molar-refractivity contribution in [2.24, 2.45) is 0 Å². The van der Waals surface area contributed by atoms with Gasteiger partial charge in [-0.05, 0) is 25.2 Å². The minimum absolute atomic E-state index is 0.181. The number of imidazole rings is 1. The van der Waals surface area contributed by atoms with Crippen molar-refractivity contribution in [2.45, 2.75) is 13.8 Å². The highest BCUT2D eigenvalue weighted by molar-refractivity contribution is 5.92. The molecule has 20 heavy (non-hydrogen) atoms. The smallest absolute Gasteiger partial charge is 0.356 e. The molecule has 2 aromatic heterocycles. The van der Waals surface area contributed by atoms with Gasteiger partial charge in [-0.15, -0.1) is 0 Å². The maximum absolute atomic E-state index is 11.4. The van der Waals surface area contributed by atoms with Crippen LogP contribution in [0.15, 0.2) is 24.4 Å². The van der Waals surface area contributed by atoms with Gasteiger partial charge in [-0.2, -0.15) is 0 Å². The number of aromatic nitrogens is 2. The van der Waals surface area contributed by atoms with Crippen LogP contribution in [0.25, 0.3) is 5.65 Å². The van der Waals surface area contributed by atoms with E-state index in [1.165, 1.54) is 0 Å². The number of anilines is 1. The van der Waals surface area contributed by atoms with Crippen LogP contribution in [0.5, 0.6) is 0 Å². The Morgan fingerprint density at radius 3 is 2.80 bits per heavy atom. The first-order valence-electron chi connectivity index (χ1n) is 6.84. The van der Waals surface area contributed by atoms with Gasteiger partial charge in [0, 0.05) is 19.3 Å². The number of carbonyl (C=O) groups is 1. The van der Waals surface area contributed by atoms with Crippen molar-refractivity contribution in [1.82, 2.24) is 14.3 Å². The topological polar surface area (TPSA) is 69.9 Å². The van der Waals surface area contributed by atoms with Crippen LogP contribution >= 0.6 is 0 Å². The minimum atomic E-state index is -0.978. The molecule has 0 aromatic carbocycles. The number of aromatic carboxylic acids is 1. The van der Waals surface area contributed by atoms with Crippen LogP contribution in [0, 0.1) is 0 Å². The van der Waals surface area contributed by atoms with E-state index in [-0.39, 0.29) is 5.69 Å². The Kier molecular flexibility index (Phi) is 4.57. The summed E-state index contributed by atoms with van der Waals surface area (Å²) in [4.78, 5) is 18.0. The van der Waals surface area contributed by atoms with Gasteiger partial charge in [0.05, 0.1) is 0 Å². The third-order valence-electron chi connectivity index (χ3n) is 3.35. The lowest BCUT2D eigenvalue weighted by molar-refractivity contribution is 0.0690. The predicted molar refractivity (Wildman–Crippen MR) is 78.4 cm³/mol. The molecule has 2 rings (SSSR count). The molecule has 0 amide bonds. The van der Waals surface area contributed by atoms with Crippen LogP contribution < -0.4 is 5.32 Å². The van der Waals surface area contributed by atoms with Gasteiger partial charge in [0.1, 0.15) is 5.65 Å². The van der Waals surface area contributed by atoms with E-state index < -0.39 is 5.97 Å². The Hall–Kier alpha value is -2.08. The van der Waals surface area contributed by atoms with Crippen LogP contribution in [0.1, 0.15) is 24.3 Å². The van der Waals surface area contributed by atoms with Gasteiger partial charge in [0.25, 0.3) is 0 Å². The summed E-state index contributed by atoms with van der Waals surface area (Å²) < 4.78 is 1.59. The molecule has 2 N–H and O–H groups in total. The maximum atomic E-state index is 11.4. The lowest BCUT2D eigenvalue weighted by Crippen LogP contribution is -2.29. The Bertz CT molecular complexity index is 590. The van der Waals surface area contributed by atoms with Gasteiger partial charge >= 0.3 is 5.97 Å². The summed E-state index contributed by atoms with van der Waals surface area (Å²) in [6.45, 7) is 7.71. The third kappa shape index (κ3) is 2.91. The molecule has 0 aliphatic heterocycles. The SMILES string of the molecule is CCN(CC)CCNc1nc2ccccn2c1C(=O)O. The van der Waals surface area contributed by atoms with E-state index in [0.717, 1.165) is 19.6 Å². The second-order valence-electron chi connectivity index (χ2n) is 4.50. The molecule has 2 heterocycles. The van der Waals surface area contributed by atoms with Crippen LogP contribution in [-0.2, 0) is 0 Å². The Morgan fingerprint density at radius 1 is 1.40 bits per heavy atom. The van der Waals surface area contributed by atoms with Crippen LogP contribution in [-0.4, -0.2) is 51.5 Å². The summed E-state index contributed by atoms with van der Waals surface area (Å²) in [5.74, 6) is -0.551. The second kappa shape index (κ2) is 6.38. The van der Waals surface area contributed by atoms with Gasteiger partial charge in [-0.1, -0.05) is 19.9 Å². The summed E-state index contributed by atoms with van der Waals surface area (Å²) in [7, 11) is 0. The summed E-state index contributed by atoms with van der Waals surface area (Å²) in [5.41, 5.74) is 0.815. The van der Waals surface area contributed by atoms with E-state index in [2.05, 4.69) is 29.0 Å². The first-order valence-corrected chi connectivity index (χ1v) is 6.84. The van der Waals surface area contributed by atoms with Crippen LogP contribution in [0.3, 0.4) is 0 Å². The van der Waals surface area contributed by atoms with Gasteiger partial charge in [-0.25, -0.2) is 9.78 Å². The predicted octanol–water partition coefficient (Wildman–Crippen LogP) is 1.79. The molecule has 0 radical (unpaired) electrons. The molecule has 6 heteroatoms. The van der Waals surface area contributed by atoms with Gasteiger partial charge in [0.2, 0.25) is 0 Å². The molecule has 0 aliphatic rings. The van der Waals surface area contributed by atoms with E-state index in [1.807, 2.05) is 6.07 Å². The summed E-state index contributed by atoms with van der Waals surface area (Å²) in [5, 5.41) is 12.5. The molecule has 6 nitrogen and oxygen atoms in total. The van der Waals surface area contributed by atoms with Gasteiger partial charge in [0.15, 0.2) is 11.5 Å². The molecule has 0 fully saturated rings. The number of nitrogens with one attached hydrogen (secondary N) is 1. The quantitative estimate of drug-likeness (QED) is 0.807. The number of fused-ring (bicyclic) bond motifs is 1. The molecule has 2 aromatic rings. The fraction of sp³-hybridized carbons (Fsp3) is 0.429. The number of hydrogen-bond acceptors (Lipinski definition) is 4. The molecule has 0 bridgehead atoms. The Balaban J connectivity index is 2.17. The van der Waals surface area contributed by atoms with E-state index >= 15 is 0 Å². The van der Waals surface area contributed by atoms with Crippen molar-refractivity contribution in [3.8, 4) is 0 Å². The summed E-state index contributed by atoms with van der Waals surface area (Å²) in [6, 6.07) is 5.43.